The van der Waals surface area contributed by atoms with E-state index >= 15 is 0 Å². The predicted octanol–water partition coefficient (Wildman–Crippen LogP) is 9.44. The molecule has 338 valence electrons. The Balaban J connectivity index is 1.26. The molecule has 7 aromatic carbocycles. The molecule has 0 fully saturated rings. The van der Waals surface area contributed by atoms with Crippen LogP contribution in [0.15, 0.2) is 166 Å². The third-order valence-electron chi connectivity index (χ3n) is 9.43. The Labute approximate surface area is 378 Å². The quantitative estimate of drug-likeness (QED) is 0.0106. The number of hydrogen-bond acceptors (Lipinski definition) is 17. The second-order valence-corrected chi connectivity index (χ2v) is 18.3. The number of nitrogens with zero attached hydrogens (tertiary/aromatic N) is 6. The van der Waals surface area contributed by atoms with Crippen molar-refractivity contribution in [3.63, 3.8) is 0 Å². The topological polar surface area (TPSA) is 339 Å². The molecule has 25 heteroatoms. The lowest BCUT2D eigenvalue weighted by atomic mass is 10.1. The van der Waals surface area contributed by atoms with Gasteiger partial charge in [-0.1, -0.05) is 18.7 Å². The van der Waals surface area contributed by atoms with Crippen molar-refractivity contribution in [1.29, 1.82) is 0 Å². The molecule has 0 saturated heterocycles. The van der Waals surface area contributed by atoms with E-state index in [1.807, 2.05) is 0 Å². The molecule has 2 unspecified atom stereocenters. The van der Waals surface area contributed by atoms with Crippen LogP contribution in [0.1, 0.15) is 0 Å². The predicted molar refractivity (Wildman–Crippen MR) is 241 cm³/mol. The van der Waals surface area contributed by atoms with Crippen LogP contribution in [0.2, 0.25) is 0 Å². The molecule has 0 aromatic heterocycles. The van der Waals surface area contributed by atoms with Gasteiger partial charge in [-0.05, 0) is 96.4 Å². The summed E-state index contributed by atoms with van der Waals surface area (Å²) in [5.41, 5.74) is 5.85. The number of phenols is 1. The minimum atomic E-state index is -5.11. The summed E-state index contributed by atoms with van der Waals surface area (Å²) in [4.78, 5) is 9.46. The van der Waals surface area contributed by atoms with Crippen molar-refractivity contribution in [2.45, 2.75) is 19.6 Å². The van der Waals surface area contributed by atoms with Gasteiger partial charge in [-0.2, -0.15) is 21.9 Å². The van der Waals surface area contributed by atoms with Gasteiger partial charge in [0.15, 0.2) is 27.9 Å². The molecule has 0 radical (unpaired) electrons. The number of benzene rings is 7. The molecule has 7 aromatic rings. The molecule has 66 heavy (non-hydrogen) atoms. The summed E-state index contributed by atoms with van der Waals surface area (Å²) in [5.74, 6) is -0.912. The van der Waals surface area contributed by atoms with Crippen LogP contribution in [0.4, 0.5) is 39.8 Å². The number of ether oxygens (including phenoxy) is 2. The minimum absolute atomic E-state index is 0.0170. The van der Waals surface area contributed by atoms with Crippen molar-refractivity contribution in [2.24, 2.45) is 30.7 Å². The van der Waals surface area contributed by atoms with Gasteiger partial charge >= 0.3 is 5.97 Å². The molecule has 0 amide bonds. The fourth-order valence-corrected chi connectivity index (χ4v) is 8.39. The SMILES string of the molecule is C=CC(=O)OCCOc1ccc(N=Nc2ccc(N=Nc3ccc(N=Nc4c(S(=O)(=O)O)cc5cc(S(=O)O)c(N)cc5c4O)c4cc(S(=O)O)ccc34)c3cc(S(=O)(=O)O)ccc23)cc1. The van der Waals surface area contributed by atoms with Gasteiger partial charge < -0.3 is 29.4 Å². The van der Waals surface area contributed by atoms with Gasteiger partial charge in [0.25, 0.3) is 20.2 Å². The van der Waals surface area contributed by atoms with E-state index in [1.54, 1.807) is 30.3 Å². The molecule has 2 atom stereocenters. The van der Waals surface area contributed by atoms with Gasteiger partial charge in [0.1, 0.15) is 29.5 Å². The Bertz CT molecular complexity index is 3510. The Morgan fingerprint density at radius 1 is 0.652 bits per heavy atom. The zero-order valence-electron chi connectivity index (χ0n) is 33.3. The number of nitrogen functional groups attached to an aromatic ring is 1. The molecular weight excluding hydrogens is 943 g/mol. The number of hydrogen-bond donors (Lipinski definition) is 6. The number of azo groups is 3. The van der Waals surface area contributed by atoms with Crippen molar-refractivity contribution < 1.29 is 62.8 Å². The lowest BCUT2D eigenvalue weighted by Crippen LogP contribution is -2.09. The van der Waals surface area contributed by atoms with Crippen LogP contribution in [0.25, 0.3) is 32.3 Å². The van der Waals surface area contributed by atoms with Crippen molar-refractivity contribution in [1.82, 2.24) is 0 Å². The van der Waals surface area contributed by atoms with E-state index in [0.717, 1.165) is 24.3 Å². The van der Waals surface area contributed by atoms with E-state index < -0.39 is 69.6 Å². The molecule has 0 spiro atoms. The molecule has 0 bridgehead atoms. The Morgan fingerprint density at radius 3 is 1.80 bits per heavy atom. The van der Waals surface area contributed by atoms with Gasteiger partial charge in [-0.3, -0.25) is 9.11 Å². The third-order valence-corrected chi connectivity index (χ3v) is 12.5. The number of phenolic OH excluding ortho intramolecular Hbond substituents is 1. The second kappa shape index (κ2) is 19.1. The molecule has 21 nitrogen and oxygen atoms in total. The number of aromatic hydroxyl groups is 1. The third kappa shape index (κ3) is 10.3. The summed E-state index contributed by atoms with van der Waals surface area (Å²) in [7, 11) is -9.80. The van der Waals surface area contributed by atoms with Gasteiger partial charge in [0.05, 0.1) is 48.8 Å². The highest BCUT2D eigenvalue weighted by Crippen LogP contribution is 2.44. The maximum Gasteiger partial charge on any atom is 0.330 e. The summed E-state index contributed by atoms with van der Waals surface area (Å²) >= 11 is -5.09. The fourth-order valence-electron chi connectivity index (χ4n) is 6.34. The lowest BCUT2D eigenvalue weighted by molar-refractivity contribution is -0.138. The summed E-state index contributed by atoms with van der Waals surface area (Å²) < 4.78 is 123. The van der Waals surface area contributed by atoms with Crippen molar-refractivity contribution in [3.05, 3.63) is 116 Å². The molecule has 7 N–H and O–H groups in total. The smallest absolute Gasteiger partial charge is 0.330 e. The highest BCUT2D eigenvalue weighted by molar-refractivity contribution is 7.86. The number of carbonyl (C=O) groups is 1. The highest BCUT2D eigenvalue weighted by Gasteiger charge is 2.24. The first-order valence-electron chi connectivity index (χ1n) is 18.5. The van der Waals surface area contributed by atoms with E-state index in [2.05, 4.69) is 37.3 Å². The number of rotatable bonds is 15. The van der Waals surface area contributed by atoms with Crippen LogP contribution in [-0.2, 0) is 51.9 Å². The zero-order chi connectivity index (χ0) is 47.5. The number of anilines is 1. The van der Waals surface area contributed by atoms with E-state index in [0.29, 0.717) is 16.8 Å². The molecular formula is C41H31N7O14S4. The number of fused-ring (bicyclic) bond motifs is 3. The van der Waals surface area contributed by atoms with Gasteiger partial charge in [-0.15, -0.1) is 25.6 Å². The Kier molecular flexibility index (Phi) is 13.5. The Morgan fingerprint density at radius 2 is 1.23 bits per heavy atom. The summed E-state index contributed by atoms with van der Waals surface area (Å²) in [5, 5.41) is 37.3. The minimum Gasteiger partial charge on any atom is -0.505 e. The number of nitrogens with two attached hydrogens (primary N) is 1. The van der Waals surface area contributed by atoms with E-state index in [1.165, 1.54) is 54.6 Å². The standard InChI is InChI=1S/C41H31N7O14S4/c1-2-39(49)62-16-15-61-24-5-3-23(4-6-24)43-44-33-11-14-36(31-20-26(65(55,56)57)8-10-28(31)33)46-45-34-12-13-35(30-19-25(63(51)52)7-9-27(30)34)47-48-40-38(66(58,59)60)18-22-17-37(64(53)54)32(42)21-29(22)41(40)50/h2-14,17-21,50H,1,15-16,42H2,(H,51,52)(H,53,54)(H,55,56,57)(H,58,59,60). The van der Waals surface area contributed by atoms with Crippen molar-refractivity contribution in [2.75, 3.05) is 18.9 Å². The van der Waals surface area contributed by atoms with Gasteiger partial charge in [-0.25, -0.2) is 13.2 Å². The van der Waals surface area contributed by atoms with Crippen LogP contribution in [0, 0.1) is 0 Å². The van der Waals surface area contributed by atoms with Gasteiger partial charge in [0, 0.05) is 33.0 Å². The lowest BCUT2D eigenvalue weighted by Gasteiger charge is -2.11. The maximum atomic E-state index is 12.5. The van der Waals surface area contributed by atoms with E-state index in [9.17, 15) is 53.4 Å². The summed E-state index contributed by atoms with van der Waals surface area (Å²) in [6, 6.07) is 23.1. The largest absolute Gasteiger partial charge is 0.505 e. The summed E-state index contributed by atoms with van der Waals surface area (Å²) in [6.07, 6.45) is 1.04. The molecule has 0 heterocycles. The normalized spacial score (nSPS) is 13.3. The molecule has 0 saturated carbocycles. The highest BCUT2D eigenvalue weighted by atomic mass is 32.2. The maximum absolute atomic E-state index is 12.5. The second-order valence-electron chi connectivity index (χ2n) is 13.6. The van der Waals surface area contributed by atoms with Crippen molar-refractivity contribution >= 4 is 120 Å². The van der Waals surface area contributed by atoms with Crippen LogP contribution in [0.3, 0.4) is 0 Å². The Hall–Kier alpha value is -7.23. The fraction of sp³-hybridized carbons (Fsp3) is 0.0488. The van der Waals surface area contributed by atoms with Crippen LogP contribution in [-0.4, -0.2) is 67.8 Å². The van der Waals surface area contributed by atoms with E-state index in [4.69, 9.17) is 15.2 Å². The first-order valence-corrected chi connectivity index (χ1v) is 23.6. The monoisotopic (exact) mass is 973 g/mol. The van der Waals surface area contributed by atoms with Crippen molar-refractivity contribution in [3.8, 4) is 11.5 Å². The zero-order valence-corrected chi connectivity index (χ0v) is 36.6. The number of carbonyl (C=O) groups excluding carboxylic acids is 1. The first kappa shape index (κ1) is 46.8. The average Bonchev–Trinajstić information content (AvgIpc) is 3.28. The number of esters is 1. The molecule has 0 aliphatic rings. The first-order chi connectivity index (χ1) is 31.3. The van der Waals surface area contributed by atoms with Crippen LogP contribution < -0.4 is 10.5 Å². The molecule has 0 aliphatic heterocycles. The average molecular weight is 974 g/mol. The van der Waals surface area contributed by atoms with Crippen LogP contribution >= 0.6 is 0 Å². The molecule has 0 aliphatic carbocycles. The molecule has 7 rings (SSSR count). The van der Waals surface area contributed by atoms with Gasteiger partial charge in [0.2, 0.25) is 0 Å². The van der Waals surface area contributed by atoms with E-state index in [-0.39, 0.29) is 78.4 Å². The van der Waals surface area contributed by atoms with Crippen LogP contribution in [0.5, 0.6) is 11.5 Å². The summed E-state index contributed by atoms with van der Waals surface area (Å²) in [6.45, 7) is 3.44.